The number of carbonyl (C=O) groups is 1. The van der Waals surface area contributed by atoms with Gasteiger partial charge in [-0.2, -0.15) is 0 Å². The predicted octanol–water partition coefficient (Wildman–Crippen LogP) is 1.91. The molecule has 1 aromatic rings. The standard InChI is InChI=1S/C10H10O2S/c1-12-9-2-3-10-7(5-9)4-8(11)6-13-10/h2-3,5H,4,6H2,1H3. The van der Waals surface area contributed by atoms with Gasteiger partial charge in [0.05, 0.1) is 12.9 Å². The Bertz CT molecular complexity index is 347. The van der Waals surface area contributed by atoms with Crippen LogP contribution in [0.3, 0.4) is 0 Å². The summed E-state index contributed by atoms with van der Waals surface area (Å²) in [4.78, 5) is 12.4. The van der Waals surface area contributed by atoms with E-state index in [4.69, 9.17) is 4.74 Å². The average Bonchev–Trinajstić information content (AvgIpc) is 2.16. The van der Waals surface area contributed by atoms with Crippen LogP contribution in [-0.4, -0.2) is 18.6 Å². The first kappa shape index (κ1) is 8.63. The lowest BCUT2D eigenvalue weighted by atomic mass is 10.1. The fourth-order valence-electron chi connectivity index (χ4n) is 1.38. The Balaban J connectivity index is 2.38. The van der Waals surface area contributed by atoms with Crippen molar-refractivity contribution in [3.05, 3.63) is 23.8 Å². The molecule has 0 N–H and O–H groups in total. The zero-order chi connectivity index (χ0) is 9.26. The van der Waals surface area contributed by atoms with Crippen molar-refractivity contribution in [2.75, 3.05) is 12.9 Å². The van der Waals surface area contributed by atoms with Gasteiger partial charge in [0, 0.05) is 11.3 Å². The Kier molecular flexibility index (Phi) is 2.27. The Morgan fingerprint density at radius 3 is 3.08 bits per heavy atom. The molecule has 0 atom stereocenters. The summed E-state index contributed by atoms with van der Waals surface area (Å²) in [6.07, 6.45) is 0.555. The molecule has 1 aromatic carbocycles. The van der Waals surface area contributed by atoms with E-state index in [0.29, 0.717) is 18.0 Å². The zero-order valence-corrected chi connectivity index (χ0v) is 8.19. The van der Waals surface area contributed by atoms with Crippen molar-refractivity contribution in [2.24, 2.45) is 0 Å². The normalized spacial score (nSPS) is 15.3. The summed E-state index contributed by atoms with van der Waals surface area (Å²) in [6.45, 7) is 0. The van der Waals surface area contributed by atoms with Crippen molar-refractivity contribution < 1.29 is 9.53 Å². The molecule has 13 heavy (non-hydrogen) atoms. The predicted molar refractivity (Wildman–Crippen MR) is 52.4 cm³/mol. The summed E-state index contributed by atoms with van der Waals surface area (Å²) in [5.74, 6) is 1.74. The Labute approximate surface area is 81.3 Å². The number of fused-ring (bicyclic) bond motifs is 1. The molecule has 2 rings (SSSR count). The highest BCUT2D eigenvalue weighted by Crippen LogP contribution is 2.30. The highest BCUT2D eigenvalue weighted by Gasteiger charge is 2.16. The molecule has 0 aromatic heterocycles. The second-order valence-electron chi connectivity index (χ2n) is 2.98. The summed E-state index contributed by atoms with van der Waals surface area (Å²) in [7, 11) is 1.64. The number of carbonyl (C=O) groups excluding carboxylic acids is 1. The van der Waals surface area contributed by atoms with Gasteiger partial charge in [-0.1, -0.05) is 0 Å². The molecule has 0 bridgehead atoms. The van der Waals surface area contributed by atoms with E-state index in [1.54, 1.807) is 18.9 Å². The Morgan fingerprint density at radius 2 is 2.31 bits per heavy atom. The minimum Gasteiger partial charge on any atom is -0.497 e. The summed E-state index contributed by atoms with van der Waals surface area (Å²) in [5.41, 5.74) is 1.10. The topological polar surface area (TPSA) is 26.3 Å². The van der Waals surface area contributed by atoms with Gasteiger partial charge in [0.2, 0.25) is 0 Å². The number of ketones is 1. The third-order valence-corrected chi connectivity index (χ3v) is 3.22. The molecule has 0 spiro atoms. The molecule has 68 valence electrons. The Morgan fingerprint density at radius 1 is 1.46 bits per heavy atom. The number of ether oxygens (including phenoxy) is 1. The molecule has 2 nitrogen and oxygen atoms in total. The van der Waals surface area contributed by atoms with Gasteiger partial charge in [-0.15, -0.1) is 11.8 Å². The van der Waals surface area contributed by atoms with Crippen LogP contribution in [0.5, 0.6) is 5.75 Å². The van der Waals surface area contributed by atoms with Crippen LogP contribution in [0.2, 0.25) is 0 Å². The number of benzene rings is 1. The SMILES string of the molecule is COc1ccc2c(c1)CC(=O)CS2. The van der Waals surface area contributed by atoms with Crippen LogP contribution in [0, 0.1) is 0 Å². The maximum atomic E-state index is 11.2. The van der Waals surface area contributed by atoms with E-state index in [1.807, 2.05) is 18.2 Å². The molecule has 0 radical (unpaired) electrons. The van der Waals surface area contributed by atoms with Crippen molar-refractivity contribution in [2.45, 2.75) is 11.3 Å². The lowest BCUT2D eigenvalue weighted by Crippen LogP contribution is -2.11. The zero-order valence-electron chi connectivity index (χ0n) is 7.37. The van der Waals surface area contributed by atoms with E-state index >= 15 is 0 Å². The maximum Gasteiger partial charge on any atom is 0.147 e. The second kappa shape index (κ2) is 3.42. The first-order valence-electron chi connectivity index (χ1n) is 4.11. The van der Waals surface area contributed by atoms with Crippen molar-refractivity contribution in [3.63, 3.8) is 0 Å². The third-order valence-electron chi connectivity index (χ3n) is 2.04. The number of methoxy groups -OCH3 is 1. The van der Waals surface area contributed by atoms with Crippen LogP contribution in [0.1, 0.15) is 5.56 Å². The lowest BCUT2D eigenvalue weighted by Gasteiger charge is -2.14. The third kappa shape index (κ3) is 1.70. The fourth-order valence-corrected chi connectivity index (χ4v) is 2.28. The first-order valence-corrected chi connectivity index (χ1v) is 5.09. The Hall–Kier alpha value is -0.960. The quantitative estimate of drug-likeness (QED) is 0.683. The van der Waals surface area contributed by atoms with Gasteiger partial charge in [0.25, 0.3) is 0 Å². The van der Waals surface area contributed by atoms with Gasteiger partial charge < -0.3 is 4.74 Å². The summed E-state index contributed by atoms with van der Waals surface area (Å²) >= 11 is 1.61. The van der Waals surface area contributed by atoms with Gasteiger partial charge in [-0.05, 0) is 23.8 Å². The minimum atomic E-state index is 0.297. The van der Waals surface area contributed by atoms with E-state index in [9.17, 15) is 4.79 Å². The van der Waals surface area contributed by atoms with Gasteiger partial charge in [0.15, 0.2) is 0 Å². The molecule has 0 fully saturated rings. The molecular formula is C10H10O2S. The second-order valence-corrected chi connectivity index (χ2v) is 3.99. The molecule has 1 aliphatic rings. The summed E-state index contributed by atoms with van der Waals surface area (Å²) in [5, 5.41) is 0. The molecule has 0 aliphatic carbocycles. The van der Waals surface area contributed by atoms with Crippen molar-refractivity contribution in [1.82, 2.24) is 0 Å². The number of hydrogen-bond acceptors (Lipinski definition) is 3. The van der Waals surface area contributed by atoms with Crippen LogP contribution in [0.25, 0.3) is 0 Å². The van der Waals surface area contributed by atoms with Gasteiger partial charge in [0.1, 0.15) is 11.5 Å². The van der Waals surface area contributed by atoms with Gasteiger partial charge in [-0.25, -0.2) is 0 Å². The van der Waals surface area contributed by atoms with E-state index in [0.717, 1.165) is 11.3 Å². The van der Waals surface area contributed by atoms with E-state index in [2.05, 4.69) is 0 Å². The molecule has 0 amide bonds. The number of rotatable bonds is 1. The van der Waals surface area contributed by atoms with Crippen LogP contribution in [0.15, 0.2) is 23.1 Å². The van der Waals surface area contributed by atoms with Crippen molar-refractivity contribution >= 4 is 17.5 Å². The first-order chi connectivity index (χ1) is 6.29. The highest BCUT2D eigenvalue weighted by atomic mass is 32.2. The summed E-state index contributed by atoms with van der Waals surface area (Å²) < 4.78 is 5.09. The highest BCUT2D eigenvalue weighted by molar-refractivity contribution is 8.00. The smallest absolute Gasteiger partial charge is 0.147 e. The maximum absolute atomic E-state index is 11.2. The van der Waals surface area contributed by atoms with Crippen LogP contribution >= 0.6 is 11.8 Å². The number of hydrogen-bond donors (Lipinski definition) is 0. The lowest BCUT2D eigenvalue weighted by molar-refractivity contribution is -0.116. The van der Waals surface area contributed by atoms with Gasteiger partial charge in [-0.3, -0.25) is 4.79 Å². The van der Waals surface area contributed by atoms with Crippen molar-refractivity contribution in [1.29, 1.82) is 0 Å². The molecule has 3 heteroatoms. The minimum absolute atomic E-state index is 0.297. The van der Waals surface area contributed by atoms with Crippen molar-refractivity contribution in [3.8, 4) is 5.75 Å². The molecule has 0 unspecified atom stereocenters. The fraction of sp³-hybridized carbons (Fsp3) is 0.300. The van der Waals surface area contributed by atoms with Crippen LogP contribution in [0.4, 0.5) is 0 Å². The van der Waals surface area contributed by atoms with E-state index in [1.165, 1.54) is 4.90 Å². The largest absolute Gasteiger partial charge is 0.497 e. The average molecular weight is 194 g/mol. The molecule has 0 saturated carbocycles. The molecule has 1 heterocycles. The van der Waals surface area contributed by atoms with Crippen LogP contribution < -0.4 is 4.74 Å². The molecular weight excluding hydrogens is 184 g/mol. The number of Topliss-reactive ketones (excluding diaryl/α,β-unsaturated/α-hetero) is 1. The number of thioether (sulfide) groups is 1. The van der Waals surface area contributed by atoms with E-state index in [-0.39, 0.29) is 0 Å². The monoisotopic (exact) mass is 194 g/mol. The summed E-state index contributed by atoms with van der Waals surface area (Å²) in [6, 6.07) is 5.90. The van der Waals surface area contributed by atoms with Gasteiger partial charge >= 0.3 is 0 Å². The molecule has 1 aliphatic heterocycles. The molecule has 0 saturated heterocycles. The van der Waals surface area contributed by atoms with Crippen LogP contribution in [-0.2, 0) is 11.2 Å². The van der Waals surface area contributed by atoms with E-state index < -0.39 is 0 Å².